The highest BCUT2D eigenvalue weighted by molar-refractivity contribution is 5.76. The highest BCUT2D eigenvalue weighted by Gasteiger charge is 2.54. The Morgan fingerprint density at radius 2 is 0.657 bits per heavy atom. The highest BCUT2D eigenvalue weighted by atomic mass is 16.8. The quantitative estimate of drug-likeness (QED) is 0.0199. The van der Waals surface area contributed by atoms with Gasteiger partial charge < -0.3 is 89.9 Å². The lowest BCUT2D eigenvalue weighted by atomic mass is 9.96. The highest BCUT2D eigenvalue weighted by Crippen LogP contribution is 2.33. The number of aliphatic hydroxyl groups is 11. The van der Waals surface area contributed by atoms with Gasteiger partial charge in [-0.1, -0.05) is 344 Å². The summed E-state index contributed by atoms with van der Waals surface area (Å²) in [7, 11) is 0. The second kappa shape index (κ2) is 66.1. The van der Waals surface area contributed by atoms with Crippen molar-refractivity contribution in [3.05, 3.63) is 60.8 Å². The van der Waals surface area contributed by atoms with Crippen molar-refractivity contribution in [2.24, 2.45) is 0 Å². The van der Waals surface area contributed by atoms with E-state index in [1.165, 1.54) is 250 Å². The molecule has 614 valence electrons. The first-order valence-electron chi connectivity index (χ1n) is 43.0. The zero-order valence-electron chi connectivity index (χ0n) is 66.0. The molecule has 3 aliphatic heterocycles. The normalized spacial score (nSPS) is 26.0. The van der Waals surface area contributed by atoms with Crippen molar-refractivity contribution in [3.8, 4) is 0 Å². The van der Waals surface area contributed by atoms with Crippen LogP contribution >= 0.6 is 0 Å². The summed E-state index contributed by atoms with van der Waals surface area (Å²) in [4.78, 5) is 13.5. The van der Waals surface area contributed by atoms with Crippen molar-refractivity contribution in [2.45, 2.75) is 452 Å². The molecule has 17 atom stereocenters. The SMILES string of the molecule is CC/C=C\C/C=C\C/C=C\C/C=C\CCCCCCCCCCCCCCCCCCCCCCC(=O)NC(COC1OC(CO)C(OC2OC(CO)C(OC3OC(CO)C(O)C(O)C3O)C(O)C2O)C(O)C1O)C(O)/C=C/CCCCCCCCCCCCCCCCCCCCCCCCCCC. The van der Waals surface area contributed by atoms with Gasteiger partial charge in [-0.25, -0.2) is 0 Å². The third-order valence-corrected chi connectivity index (χ3v) is 21.3. The largest absolute Gasteiger partial charge is 0.394 e. The lowest BCUT2D eigenvalue weighted by Crippen LogP contribution is -2.66. The molecule has 19 heteroatoms. The predicted octanol–water partition coefficient (Wildman–Crippen LogP) is 15.4. The van der Waals surface area contributed by atoms with Gasteiger partial charge in [-0.15, -0.1) is 0 Å². The van der Waals surface area contributed by atoms with E-state index in [1.807, 2.05) is 6.08 Å². The number of carbonyl (C=O) groups is 1. The fourth-order valence-corrected chi connectivity index (χ4v) is 14.5. The number of unbranched alkanes of at least 4 members (excludes halogenated alkanes) is 45. The van der Waals surface area contributed by atoms with E-state index in [0.29, 0.717) is 6.42 Å². The number of amides is 1. The third-order valence-electron chi connectivity index (χ3n) is 21.3. The molecular weight excluding hydrogens is 1330 g/mol. The van der Waals surface area contributed by atoms with Crippen LogP contribution in [0.1, 0.15) is 348 Å². The van der Waals surface area contributed by atoms with Gasteiger partial charge in [0, 0.05) is 6.42 Å². The Bertz CT molecular complexity index is 2130. The third kappa shape index (κ3) is 45.6. The van der Waals surface area contributed by atoms with Crippen LogP contribution < -0.4 is 5.32 Å². The first kappa shape index (κ1) is 96.7. The van der Waals surface area contributed by atoms with Crippen LogP contribution in [0.15, 0.2) is 60.8 Å². The standard InChI is InChI=1S/C86H157NO18/c1-3-5-7-9-11-13-15-17-19-21-23-25-27-29-31-32-33-34-35-36-38-40-42-44-46-48-50-52-54-56-58-60-62-64-74(92)87-69(70(91)63-61-59-57-55-53-51-49-47-45-43-41-39-37-30-28-26-24-22-20-18-16-14-12-10-8-6-4-2)68-100-84-80(98)77(95)82(72(66-89)102-84)105-86-81(99)78(96)83(73(67-90)103-86)104-85-79(97)76(94)75(93)71(65-88)101-85/h5,7,11,13,17,19,23,25,61,63,69-73,75-86,88-91,93-99H,3-4,6,8-10,12,14-16,18,20-22,24,26-60,62,64-68H2,1-2H3,(H,87,92)/b7-5-,13-11-,19-17-,25-23-,63-61+. The Hall–Kier alpha value is -2.51. The van der Waals surface area contributed by atoms with E-state index in [0.717, 1.165) is 70.6 Å². The Kier molecular flexibility index (Phi) is 60.9. The molecule has 0 spiro atoms. The Morgan fingerprint density at radius 1 is 0.352 bits per heavy atom. The monoisotopic (exact) mass is 1490 g/mol. The summed E-state index contributed by atoms with van der Waals surface area (Å²) in [6.45, 7) is 1.68. The predicted molar refractivity (Wildman–Crippen MR) is 420 cm³/mol. The number of aliphatic hydroxyl groups excluding tert-OH is 11. The molecule has 0 radical (unpaired) electrons. The average Bonchev–Trinajstić information content (AvgIpc) is 0.780. The van der Waals surface area contributed by atoms with Crippen LogP contribution in [-0.2, 0) is 33.2 Å². The minimum atomic E-state index is -1.98. The number of ether oxygens (including phenoxy) is 6. The first-order valence-corrected chi connectivity index (χ1v) is 43.0. The van der Waals surface area contributed by atoms with Crippen LogP contribution in [0, 0.1) is 0 Å². The minimum Gasteiger partial charge on any atom is -0.394 e. The molecule has 3 heterocycles. The fraction of sp³-hybridized carbons (Fsp3) is 0.872. The summed E-state index contributed by atoms with van der Waals surface area (Å²) >= 11 is 0. The summed E-state index contributed by atoms with van der Waals surface area (Å²) < 4.78 is 34.5. The topological polar surface area (TPSA) is 307 Å². The first-order chi connectivity index (χ1) is 51.3. The molecule has 17 unspecified atom stereocenters. The van der Waals surface area contributed by atoms with Crippen molar-refractivity contribution in [1.82, 2.24) is 5.32 Å². The molecule has 3 saturated heterocycles. The van der Waals surface area contributed by atoms with Crippen molar-refractivity contribution >= 4 is 5.91 Å². The lowest BCUT2D eigenvalue weighted by molar-refractivity contribution is -0.379. The summed E-state index contributed by atoms with van der Waals surface area (Å²) in [5.41, 5.74) is 0. The van der Waals surface area contributed by atoms with E-state index < -0.39 is 124 Å². The van der Waals surface area contributed by atoms with Crippen LogP contribution in [0.2, 0.25) is 0 Å². The Balaban J connectivity index is 1.34. The fourth-order valence-electron chi connectivity index (χ4n) is 14.5. The van der Waals surface area contributed by atoms with Crippen LogP contribution in [0.25, 0.3) is 0 Å². The van der Waals surface area contributed by atoms with Crippen LogP contribution in [0.5, 0.6) is 0 Å². The zero-order valence-corrected chi connectivity index (χ0v) is 66.0. The molecule has 3 aliphatic rings. The van der Waals surface area contributed by atoms with E-state index in [-0.39, 0.29) is 18.9 Å². The van der Waals surface area contributed by atoms with E-state index in [2.05, 4.69) is 67.8 Å². The number of hydrogen-bond donors (Lipinski definition) is 12. The van der Waals surface area contributed by atoms with Gasteiger partial charge >= 0.3 is 0 Å². The zero-order chi connectivity index (χ0) is 76.0. The molecule has 0 aliphatic carbocycles. The van der Waals surface area contributed by atoms with E-state index in [9.17, 15) is 61.0 Å². The maximum Gasteiger partial charge on any atom is 0.220 e. The van der Waals surface area contributed by atoms with Gasteiger partial charge in [0.2, 0.25) is 5.91 Å². The molecular formula is C86H157NO18. The molecule has 0 saturated carbocycles. The number of rotatable bonds is 69. The molecule has 0 aromatic heterocycles. The van der Waals surface area contributed by atoms with Crippen molar-refractivity contribution < 1.29 is 89.4 Å². The van der Waals surface area contributed by atoms with Crippen molar-refractivity contribution in [2.75, 3.05) is 26.4 Å². The van der Waals surface area contributed by atoms with E-state index in [4.69, 9.17) is 28.4 Å². The molecule has 105 heavy (non-hydrogen) atoms. The summed E-state index contributed by atoms with van der Waals surface area (Å²) in [6, 6.07) is -0.975. The minimum absolute atomic E-state index is 0.245. The van der Waals surface area contributed by atoms with Gasteiger partial charge in [0.15, 0.2) is 18.9 Å². The average molecular weight is 1490 g/mol. The Morgan fingerprint density at radius 3 is 1.03 bits per heavy atom. The van der Waals surface area contributed by atoms with Gasteiger partial charge in [-0.05, 0) is 57.8 Å². The summed E-state index contributed by atoms with van der Waals surface area (Å²) in [5.74, 6) is -0.270. The van der Waals surface area contributed by atoms with Crippen LogP contribution in [0.3, 0.4) is 0 Å². The number of carbonyl (C=O) groups excluding carboxylic acids is 1. The van der Waals surface area contributed by atoms with Crippen LogP contribution in [0.4, 0.5) is 0 Å². The van der Waals surface area contributed by atoms with Crippen molar-refractivity contribution in [3.63, 3.8) is 0 Å². The van der Waals surface area contributed by atoms with Gasteiger partial charge in [-0.2, -0.15) is 0 Å². The van der Waals surface area contributed by atoms with E-state index >= 15 is 0 Å². The Labute approximate surface area is 636 Å². The molecule has 12 N–H and O–H groups in total. The second-order valence-corrected chi connectivity index (χ2v) is 30.6. The number of nitrogens with one attached hydrogen (secondary N) is 1. The molecule has 0 bridgehead atoms. The van der Waals surface area contributed by atoms with Gasteiger partial charge in [0.1, 0.15) is 73.2 Å². The maximum atomic E-state index is 13.5. The maximum absolute atomic E-state index is 13.5. The molecule has 0 aromatic rings. The lowest BCUT2D eigenvalue weighted by Gasteiger charge is -2.48. The smallest absolute Gasteiger partial charge is 0.220 e. The molecule has 19 nitrogen and oxygen atoms in total. The summed E-state index contributed by atoms with van der Waals surface area (Å²) in [5, 5.41) is 121. The molecule has 3 fully saturated rings. The van der Waals surface area contributed by atoms with E-state index in [1.54, 1.807) is 6.08 Å². The molecule has 3 rings (SSSR count). The number of hydrogen-bond acceptors (Lipinski definition) is 18. The van der Waals surface area contributed by atoms with Gasteiger partial charge in [0.05, 0.1) is 38.6 Å². The van der Waals surface area contributed by atoms with Gasteiger partial charge in [0.25, 0.3) is 0 Å². The van der Waals surface area contributed by atoms with Gasteiger partial charge in [-0.3, -0.25) is 4.79 Å². The van der Waals surface area contributed by atoms with Crippen LogP contribution in [-0.4, -0.2) is 193 Å². The second-order valence-electron chi connectivity index (χ2n) is 30.6. The van der Waals surface area contributed by atoms with Crippen molar-refractivity contribution in [1.29, 1.82) is 0 Å². The number of allylic oxidation sites excluding steroid dienone is 9. The molecule has 0 aromatic carbocycles. The molecule has 1 amide bonds. The summed E-state index contributed by atoms with van der Waals surface area (Å²) in [6.07, 6.45) is 59.3.